The van der Waals surface area contributed by atoms with E-state index in [4.69, 9.17) is 0 Å². The molecule has 0 aliphatic rings. The van der Waals surface area contributed by atoms with E-state index in [0.717, 1.165) is 16.9 Å². The molecule has 2 aromatic rings. The summed E-state index contributed by atoms with van der Waals surface area (Å²) in [5.41, 5.74) is 2.22. The molecule has 16 heavy (non-hydrogen) atoms. The molecular weight excluding hydrogens is 198 g/mol. The molecule has 0 unspecified atom stereocenters. The second-order valence-corrected chi connectivity index (χ2v) is 5.51. The van der Waals surface area contributed by atoms with Crippen molar-refractivity contribution in [3.63, 3.8) is 0 Å². The van der Waals surface area contributed by atoms with Gasteiger partial charge in [-0.3, -0.25) is 0 Å². The van der Waals surface area contributed by atoms with Crippen molar-refractivity contribution in [3.8, 4) is 0 Å². The largest absolute Gasteiger partial charge is 0.340 e. The van der Waals surface area contributed by atoms with Crippen LogP contribution in [-0.2, 0) is 5.54 Å². The van der Waals surface area contributed by atoms with Crippen LogP contribution in [0.2, 0.25) is 0 Å². The SMILES string of the molecule is CC(C)c1ncc2c(ccn2C(C)(C)C)n1. The summed E-state index contributed by atoms with van der Waals surface area (Å²) in [5, 5.41) is 0. The molecule has 0 amide bonds. The molecule has 0 atom stereocenters. The molecule has 0 N–H and O–H groups in total. The molecule has 2 aromatic heterocycles. The number of fused-ring (bicyclic) bond motifs is 1. The van der Waals surface area contributed by atoms with Crippen molar-refractivity contribution in [2.24, 2.45) is 0 Å². The van der Waals surface area contributed by atoms with Crippen molar-refractivity contribution < 1.29 is 0 Å². The summed E-state index contributed by atoms with van der Waals surface area (Å²) in [6.07, 6.45) is 4.02. The number of hydrogen-bond acceptors (Lipinski definition) is 2. The molecule has 0 fully saturated rings. The lowest BCUT2D eigenvalue weighted by molar-refractivity contribution is 0.410. The second kappa shape index (κ2) is 3.58. The summed E-state index contributed by atoms with van der Waals surface area (Å²) >= 11 is 0. The summed E-state index contributed by atoms with van der Waals surface area (Å²) in [6, 6.07) is 2.06. The first kappa shape index (κ1) is 11.1. The molecule has 3 nitrogen and oxygen atoms in total. The lowest BCUT2D eigenvalue weighted by atomic mass is 10.1. The minimum absolute atomic E-state index is 0.0739. The van der Waals surface area contributed by atoms with Crippen LogP contribution in [0, 0.1) is 0 Å². The highest BCUT2D eigenvalue weighted by atomic mass is 15.1. The highest BCUT2D eigenvalue weighted by molar-refractivity contribution is 5.75. The van der Waals surface area contributed by atoms with Gasteiger partial charge in [-0.15, -0.1) is 0 Å². The molecule has 0 saturated carbocycles. The van der Waals surface area contributed by atoms with Crippen molar-refractivity contribution in [2.45, 2.75) is 46.1 Å². The highest BCUT2D eigenvalue weighted by Gasteiger charge is 2.16. The predicted octanol–water partition coefficient (Wildman–Crippen LogP) is 3.31. The molecule has 0 bridgehead atoms. The molecule has 0 aromatic carbocycles. The third-order valence-corrected chi connectivity index (χ3v) is 2.70. The molecule has 2 heterocycles. The zero-order valence-corrected chi connectivity index (χ0v) is 10.7. The number of aromatic nitrogens is 3. The first-order valence-electron chi connectivity index (χ1n) is 5.74. The molecule has 3 heteroatoms. The maximum absolute atomic E-state index is 4.58. The van der Waals surface area contributed by atoms with Gasteiger partial charge in [0.1, 0.15) is 5.82 Å². The maximum atomic E-state index is 4.58. The molecule has 0 aliphatic heterocycles. The fourth-order valence-electron chi connectivity index (χ4n) is 1.80. The third-order valence-electron chi connectivity index (χ3n) is 2.70. The summed E-state index contributed by atoms with van der Waals surface area (Å²) in [6.45, 7) is 10.8. The van der Waals surface area contributed by atoms with Gasteiger partial charge in [-0.1, -0.05) is 13.8 Å². The monoisotopic (exact) mass is 217 g/mol. The van der Waals surface area contributed by atoms with Crippen LogP contribution in [0.15, 0.2) is 18.5 Å². The Morgan fingerprint density at radius 3 is 2.50 bits per heavy atom. The highest BCUT2D eigenvalue weighted by Crippen LogP contribution is 2.23. The van der Waals surface area contributed by atoms with Gasteiger partial charge in [-0.05, 0) is 26.8 Å². The minimum atomic E-state index is 0.0739. The van der Waals surface area contributed by atoms with Gasteiger partial charge in [0, 0.05) is 17.7 Å². The number of rotatable bonds is 1. The fraction of sp³-hybridized carbons (Fsp3) is 0.538. The Balaban J connectivity index is 2.59. The Morgan fingerprint density at radius 2 is 1.94 bits per heavy atom. The van der Waals surface area contributed by atoms with Crippen LogP contribution in [0.25, 0.3) is 11.0 Å². The quantitative estimate of drug-likeness (QED) is 0.733. The fourth-order valence-corrected chi connectivity index (χ4v) is 1.80. The smallest absolute Gasteiger partial charge is 0.131 e. The van der Waals surface area contributed by atoms with Gasteiger partial charge < -0.3 is 4.57 Å². The summed E-state index contributed by atoms with van der Waals surface area (Å²) in [5.74, 6) is 1.29. The zero-order chi connectivity index (χ0) is 11.9. The van der Waals surface area contributed by atoms with E-state index >= 15 is 0 Å². The number of nitrogens with zero attached hydrogens (tertiary/aromatic N) is 3. The van der Waals surface area contributed by atoms with Gasteiger partial charge in [0.15, 0.2) is 0 Å². The maximum Gasteiger partial charge on any atom is 0.131 e. The van der Waals surface area contributed by atoms with Crippen LogP contribution in [0.3, 0.4) is 0 Å². The Labute approximate surface area is 96.5 Å². The lowest BCUT2D eigenvalue weighted by Gasteiger charge is -2.22. The van der Waals surface area contributed by atoms with Crippen LogP contribution in [-0.4, -0.2) is 14.5 Å². The average molecular weight is 217 g/mol. The van der Waals surface area contributed by atoms with Crippen LogP contribution < -0.4 is 0 Å². The van der Waals surface area contributed by atoms with E-state index in [1.165, 1.54) is 0 Å². The lowest BCUT2D eigenvalue weighted by Crippen LogP contribution is -2.20. The Kier molecular flexibility index (Phi) is 2.49. The molecule has 0 aliphatic carbocycles. The summed E-state index contributed by atoms with van der Waals surface area (Å²) in [4.78, 5) is 9.00. The van der Waals surface area contributed by atoms with Crippen molar-refractivity contribution in [1.29, 1.82) is 0 Å². The van der Waals surface area contributed by atoms with Crippen LogP contribution in [0.4, 0.5) is 0 Å². The molecule has 0 spiro atoms. The van der Waals surface area contributed by atoms with Gasteiger partial charge in [0.25, 0.3) is 0 Å². The first-order valence-corrected chi connectivity index (χ1v) is 5.74. The van der Waals surface area contributed by atoms with Gasteiger partial charge in [0.2, 0.25) is 0 Å². The van der Waals surface area contributed by atoms with E-state index < -0.39 is 0 Å². The second-order valence-electron chi connectivity index (χ2n) is 5.51. The summed E-state index contributed by atoms with van der Waals surface area (Å²) in [7, 11) is 0. The van der Waals surface area contributed by atoms with E-state index in [1.807, 2.05) is 6.20 Å². The van der Waals surface area contributed by atoms with Crippen LogP contribution in [0.5, 0.6) is 0 Å². The van der Waals surface area contributed by atoms with Crippen LogP contribution in [0.1, 0.15) is 46.4 Å². The average Bonchev–Trinajstić information content (AvgIpc) is 2.58. The van der Waals surface area contributed by atoms with Crippen molar-refractivity contribution in [2.75, 3.05) is 0 Å². The summed E-state index contributed by atoms with van der Waals surface area (Å²) < 4.78 is 2.21. The first-order chi connectivity index (χ1) is 7.39. The Morgan fingerprint density at radius 1 is 1.25 bits per heavy atom. The van der Waals surface area contributed by atoms with E-state index in [2.05, 4.69) is 61.4 Å². The zero-order valence-electron chi connectivity index (χ0n) is 10.7. The van der Waals surface area contributed by atoms with E-state index in [0.29, 0.717) is 5.92 Å². The standard InChI is InChI=1S/C13H19N3/c1-9(2)12-14-8-11-10(15-12)6-7-16(11)13(3,4)5/h6-9H,1-5H3. The van der Waals surface area contributed by atoms with E-state index in [1.54, 1.807) is 0 Å². The topological polar surface area (TPSA) is 30.7 Å². The van der Waals surface area contributed by atoms with Crippen molar-refractivity contribution in [3.05, 3.63) is 24.3 Å². The molecular formula is C13H19N3. The molecule has 0 saturated heterocycles. The minimum Gasteiger partial charge on any atom is -0.340 e. The third kappa shape index (κ3) is 1.82. The molecule has 86 valence electrons. The van der Waals surface area contributed by atoms with Gasteiger partial charge >= 0.3 is 0 Å². The van der Waals surface area contributed by atoms with Crippen molar-refractivity contribution >= 4 is 11.0 Å². The van der Waals surface area contributed by atoms with E-state index in [9.17, 15) is 0 Å². The van der Waals surface area contributed by atoms with Crippen LogP contribution >= 0.6 is 0 Å². The molecule has 2 rings (SSSR count). The van der Waals surface area contributed by atoms with Gasteiger partial charge in [-0.2, -0.15) is 0 Å². The normalized spacial score (nSPS) is 12.6. The van der Waals surface area contributed by atoms with Gasteiger partial charge in [-0.25, -0.2) is 9.97 Å². The Hall–Kier alpha value is -1.38. The van der Waals surface area contributed by atoms with Gasteiger partial charge in [0.05, 0.1) is 17.2 Å². The molecule has 0 radical (unpaired) electrons. The Bertz CT molecular complexity index is 503. The van der Waals surface area contributed by atoms with Crippen molar-refractivity contribution in [1.82, 2.24) is 14.5 Å². The predicted molar refractivity (Wildman–Crippen MR) is 66.6 cm³/mol. The number of hydrogen-bond donors (Lipinski definition) is 0. The van der Waals surface area contributed by atoms with E-state index in [-0.39, 0.29) is 5.54 Å².